The summed E-state index contributed by atoms with van der Waals surface area (Å²) >= 11 is 0. The summed E-state index contributed by atoms with van der Waals surface area (Å²) in [5, 5.41) is 18.9. The molecule has 0 saturated carbocycles. The van der Waals surface area contributed by atoms with Gasteiger partial charge in [-0.15, -0.1) is 0 Å². The molecule has 22 heavy (non-hydrogen) atoms. The van der Waals surface area contributed by atoms with Crippen LogP contribution in [0.4, 0.5) is 0 Å². The van der Waals surface area contributed by atoms with Gasteiger partial charge in [0.05, 0.1) is 11.6 Å². The molecule has 1 fully saturated rings. The molecule has 0 aromatic heterocycles. The van der Waals surface area contributed by atoms with Crippen molar-refractivity contribution >= 4 is 0 Å². The highest BCUT2D eigenvalue weighted by Crippen LogP contribution is 2.12. The van der Waals surface area contributed by atoms with Gasteiger partial charge in [0, 0.05) is 19.6 Å². The number of aliphatic hydroxyl groups is 1. The maximum Gasteiger partial charge on any atom is 0.119 e. The quantitative estimate of drug-likeness (QED) is 0.859. The van der Waals surface area contributed by atoms with Gasteiger partial charge in [-0.05, 0) is 50.3 Å². The minimum absolute atomic E-state index is 0.278. The van der Waals surface area contributed by atoms with E-state index in [4.69, 9.17) is 10.00 Å². The number of nitriles is 1. The van der Waals surface area contributed by atoms with E-state index in [1.165, 1.54) is 0 Å². The van der Waals surface area contributed by atoms with Crippen molar-refractivity contribution in [2.24, 2.45) is 0 Å². The van der Waals surface area contributed by atoms with Gasteiger partial charge in [-0.2, -0.15) is 5.26 Å². The average molecular weight is 303 g/mol. The maximum absolute atomic E-state index is 10.1. The summed E-state index contributed by atoms with van der Waals surface area (Å²) in [5.74, 6) is 0.686. The number of benzene rings is 1. The summed E-state index contributed by atoms with van der Waals surface area (Å²) in [6.45, 7) is 8.46. The molecule has 1 atom stereocenters. The van der Waals surface area contributed by atoms with Gasteiger partial charge < -0.3 is 14.7 Å². The number of rotatable bonds is 6. The number of hydrogen-bond donors (Lipinski definition) is 1. The first kappa shape index (κ1) is 16.8. The molecule has 0 aliphatic carbocycles. The molecule has 1 heterocycles. The van der Waals surface area contributed by atoms with Crippen LogP contribution in [0.25, 0.3) is 0 Å². The zero-order valence-electron chi connectivity index (χ0n) is 13.2. The molecule has 1 unspecified atom stereocenters. The molecule has 1 N–H and O–H groups in total. The number of β-amino-alcohol motifs (C(OH)–C–C–N with tert-alkyl or cyclic N) is 1. The number of ether oxygens (including phenoxy) is 1. The highest BCUT2D eigenvalue weighted by Gasteiger charge is 2.16. The zero-order chi connectivity index (χ0) is 15.8. The Bertz CT molecular complexity index is 484. The molecule has 0 bridgehead atoms. The molecule has 1 aromatic carbocycles. The van der Waals surface area contributed by atoms with Gasteiger partial charge >= 0.3 is 0 Å². The van der Waals surface area contributed by atoms with Crippen molar-refractivity contribution in [3.8, 4) is 11.8 Å². The number of nitrogens with zero attached hydrogens (tertiary/aromatic N) is 3. The van der Waals surface area contributed by atoms with E-state index in [0.29, 0.717) is 17.9 Å². The van der Waals surface area contributed by atoms with Crippen molar-refractivity contribution in [1.82, 2.24) is 9.80 Å². The van der Waals surface area contributed by atoms with E-state index in [1.54, 1.807) is 24.3 Å². The first-order chi connectivity index (χ1) is 10.7. The van der Waals surface area contributed by atoms with E-state index >= 15 is 0 Å². The molecule has 1 aromatic rings. The minimum Gasteiger partial charge on any atom is -0.491 e. The first-order valence-corrected chi connectivity index (χ1v) is 7.97. The fourth-order valence-electron chi connectivity index (χ4n) is 2.69. The van der Waals surface area contributed by atoms with Crippen molar-refractivity contribution in [3.63, 3.8) is 0 Å². The summed E-state index contributed by atoms with van der Waals surface area (Å²) in [6.07, 6.45) is 0.653. The Hall–Kier alpha value is -1.61. The van der Waals surface area contributed by atoms with Crippen LogP contribution in [0.3, 0.4) is 0 Å². The highest BCUT2D eigenvalue weighted by atomic mass is 16.5. The first-order valence-electron chi connectivity index (χ1n) is 7.97. The van der Waals surface area contributed by atoms with E-state index < -0.39 is 6.10 Å². The molecule has 0 amide bonds. The molecule has 0 spiro atoms. The molecule has 5 nitrogen and oxygen atoms in total. The number of likely N-dealkylation sites (N-methyl/N-ethyl adjacent to an activating group) is 1. The Morgan fingerprint density at radius 1 is 1.18 bits per heavy atom. The molecule has 1 aliphatic rings. The summed E-state index contributed by atoms with van der Waals surface area (Å²) in [7, 11) is 0. The lowest BCUT2D eigenvalue weighted by Crippen LogP contribution is -2.38. The third kappa shape index (κ3) is 5.30. The van der Waals surface area contributed by atoms with Crippen molar-refractivity contribution in [1.29, 1.82) is 5.26 Å². The Morgan fingerprint density at radius 3 is 2.55 bits per heavy atom. The normalized spacial score (nSPS) is 18.4. The highest BCUT2D eigenvalue weighted by molar-refractivity contribution is 5.34. The molecule has 120 valence electrons. The fourth-order valence-corrected chi connectivity index (χ4v) is 2.69. The molecule has 1 saturated heterocycles. The van der Waals surface area contributed by atoms with Crippen molar-refractivity contribution in [2.75, 3.05) is 45.9 Å². The Balaban J connectivity index is 1.73. The van der Waals surface area contributed by atoms with E-state index in [0.717, 1.165) is 39.1 Å². The smallest absolute Gasteiger partial charge is 0.119 e. The van der Waals surface area contributed by atoms with E-state index in [-0.39, 0.29) is 6.61 Å². The average Bonchev–Trinajstić information content (AvgIpc) is 2.78. The van der Waals surface area contributed by atoms with Gasteiger partial charge in [-0.1, -0.05) is 6.92 Å². The van der Waals surface area contributed by atoms with E-state index in [1.807, 2.05) is 0 Å². The van der Waals surface area contributed by atoms with Gasteiger partial charge in [-0.3, -0.25) is 4.90 Å². The van der Waals surface area contributed by atoms with Crippen molar-refractivity contribution in [3.05, 3.63) is 29.8 Å². The molecule has 5 heteroatoms. The monoisotopic (exact) mass is 303 g/mol. The van der Waals surface area contributed by atoms with Crippen LogP contribution in [-0.4, -0.2) is 66.9 Å². The van der Waals surface area contributed by atoms with Crippen molar-refractivity contribution < 1.29 is 9.84 Å². The Morgan fingerprint density at radius 2 is 1.86 bits per heavy atom. The predicted molar refractivity (Wildman–Crippen MR) is 85.8 cm³/mol. The topological polar surface area (TPSA) is 59.7 Å². The van der Waals surface area contributed by atoms with Crippen LogP contribution in [0.5, 0.6) is 5.75 Å². The van der Waals surface area contributed by atoms with Gasteiger partial charge in [0.1, 0.15) is 18.5 Å². The van der Waals surface area contributed by atoms with Gasteiger partial charge in [0.25, 0.3) is 0 Å². The van der Waals surface area contributed by atoms with Crippen LogP contribution in [0, 0.1) is 11.3 Å². The standard InChI is InChI=1S/C17H25N3O2/c1-2-19-8-3-9-20(11-10-19)13-16(21)14-22-17-6-4-15(12-18)5-7-17/h4-7,16,21H,2-3,8-11,13-14H2,1H3. The van der Waals surface area contributed by atoms with Crippen LogP contribution >= 0.6 is 0 Å². The molecular formula is C17H25N3O2. The third-order valence-corrected chi connectivity index (χ3v) is 4.02. The van der Waals surface area contributed by atoms with Crippen LogP contribution in [0.15, 0.2) is 24.3 Å². The lowest BCUT2D eigenvalue weighted by atomic mass is 10.2. The molecular weight excluding hydrogens is 278 g/mol. The summed E-state index contributed by atoms with van der Waals surface area (Å²) in [6, 6.07) is 9.03. The Kier molecular flexibility index (Phi) is 6.66. The van der Waals surface area contributed by atoms with Gasteiger partial charge in [-0.25, -0.2) is 0 Å². The minimum atomic E-state index is -0.496. The molecule has 1 aliphatic heterocycles. The molecule has 0 radical (unpaired) electrons. The van der Waals surface area contributed by atoms with Crippen LogP contribution in [0.2, 0.25) is 0 Å². The third-order valence-electron chi connectivity index (χ3n) is 4.02. The van der Waals surface area contributed by atoms with Gasteiger partial charge in [0.2, 0.25) is 0 Å². The second-order valence-corrected chi connectivity index (χ2v) is 5.69. The van der Waals surface area contributed by atoms with E-state index in [9.17, 15) is 5.11 Å². The van der Waals surface area contributed by atoms with Crippen LogP contribution in [0.1, 0.15) is 18.9 Å². The van der Waals surface area contributed by atoms with Gasteiger partial charge in [0.15, 0.2) is 0 Å². The lowest BCUT2D eigenvalue weighted by molar-refractivity contribution is 0.0694. The van der Waals surface area contributed by atoms with E-state index in [2.05, 4.69) is 22.8 Å². The Labute approximate surface area is 132 Å². The zero-order valence-corrected chi connectivity index (χ0v) is 13.2. The summed E-state index contributed by atoms with van der Waals surface area (Å²) in [4.78, 5) is 4.75. The SMILES string of the molecule is CCN1CCCN(CC(O)COc2ccc(C#N)cc2)CC1. The summed E-state index contributed by atoms with van der Waals surface area (Å²) in [5.41, 5.74) is 0.609. The van der Waals surface area contributed by atoms with Crippen molar-refractivity contribution in [2.45, 2.75) is 19.4 Å². The number of aliphatic hydroxyl groups excluding tert-OH is 1. The number of hydrogen-bond acceptors (Lipinski definition) is 5. The second kappa shape index (κ2) is 8.74. The summed E-state index contributed by atoms with van der Waals surface area (Å²) < 4.78 is 5.59. The van der Waals surface area contributed by atoms with Crippen LogP contribution in [-0.2, 0) is 0 Å². The molecule has 2 rings (SSSR count). The largest absolute Gasteiger partial charge is 0.491 e. The fraction of sp³-hybridized carbons (Fsp3) is 0.588. The predicted octanol–water partition coefficient (Wildman–Crippen LogP) is 1.33. The van der Waals surface area contributed by atoms with Crippen LogP contribution < -0.4 is 4.74 Å². The second-order valence-electron chi connectivity index (χ2n) is 5.69. The maximum atomic E-state index is 10.1. The lowest BCUT2D eigenvalue weighted by Gasteiger charge is -2.23.